The van der Waals surface area contributed by atoms with Crippen LogP contribution in [0.5, 0.6) is 0 Å². The van der Waals surface area contributed by atoms with Crippen LogP contribution in [0.3, 0.4) is 0 Å². The molecule has 0 fully saturated rings. The molecular formula is C26H41F3O6S. The molecule has 0 aliphatic rings. The van der Waals surface area contributed by atoms with E-state index < -0.39 is 28.2 Å². The van der Waals surface area contributed by atoms with Crippen LogP contribution in [0.15, 0.2) is 28.7 Å². The highest BCUT2D eigenvalue weighted by atomic mass is 32.2. The van der Waals surface area contributed by atoms with Gasteiger partial charge in [0.2, 0.25) is 0 Å². The van der Waals surface area contributed by atoms with Crippen LogP contribution in [0, 0.1) is 0 Å². The number of rotatable bonds is 21. The number of alkyl halides is 3. The summed E-state index contributed by atoms with van der Waals surface area (Å²) in [5.74, 6) is -0.329. The number of esters is 1. The topological polar surface area (TPSA) is 82.8 Å². The number of halogens is 3. The van der Waals surface area contributed by atoms with Gasteiger partial charge in [-0.25, -0.2) is 0 Å². The van der Waals surface area contributed by atoms with Crippen molar-refractivity contribution in [2.45, 2.75) is 122 Å². The second-order valence-electron chi connectivity index (χ2n) is 8.88. The van der Waals surface area contributed by atoms with Gasteiger partial charge in [-0.05, 0) is 44.2 Å². The zero-order chi connectivity index (χ0) is 26.7. The molecule has 0 N–H and O–H groups in total. The molecular weight excluding hydrogens is 497 g/mol. The van der Waals surface area contributed by atoms with Crippen molar-refractivity contribution in [3.8, 4) is 0 Å². The van der Waals surface area contributed by atoms with Gasteiger partial charge in [0.1, 0.15) is 24.7 Å². The van der Waals surface area contributed by atoms with Gasteiger partial charge in [-0.1, -0.05) is 76.9 Å². The first-order chi connectivity index (χ1) is 17.2. The Kier molecular flexibility index (Phi) is 16.5. The maximum absolute atomic E-state index is 12.2. The van der Waals surface area contributed by atoms with Crippen molar-refractivity contribution in [2.75, 3.05) is 0 Å². The fourth-order valence-corrected chi connectivity index (χ4v) is 3.93. The summed E-state index contributed by atoms with van der Waals surface area (Å²) < 4.78 is 72.6. The van der Waals surface area contributed by atoms with Crippen LogP contribution in [-0.2, 0) is 37.0 Å². The lowest BCUT2D eigenvalue weighted by atomic mass is 10.1. The molecule has 36 heavy (non-hydrogen) atoms. The zero-order valence-corrected chi connectivity index (χ0v) is 22.1. The van der Waals surface area contributed by atoms with E-state index in [0.29, 0.717) is 0 Å². The van der Waals surface area contributed by atoms with E-state index >= 15 is 0 Å². The summed E-state index contributed by atoms with van der Waals surface area (Å²) in [5.41, 5.74) is -5.50. The van der Waals surface area contributed by atoms with Crippen molar-refractivity contribution < 1.29 is 39.7 Å². The van der Waals surface area contributed by atoms with Crippen LogP contribution in [0.1, 0.15) is 115 Å². The zero-order valence-electron chi connectivity index (χ0n) is 21.3. The van der Waals surface area contributed by atoms with Crippen molar-refractivity contribution in [3.63, 3.8) is 0 Å². The number of furan rings is 1. The third-order valence-electron chi connectivity index (χ3n) is 5.63. The number of ether oxygens (including phenoxy) is 1. The molecule has 0 aromatic carbocycles. The minimum absolute atomic E-state index is 0.124. The second kappa shape index (κ2) is 18.4. The summed E-state index contributed by atoms with van der Waals surface area (Å²) in [6.45, 7) is 1.15. The maximum atomic E-state index is 12.2. The van der Waals surface area contributed by atoms with Gasteiger partial charge < -0.3 is 9.15 Å². The highest BCUT2D eigenvalue weighted by Crippen LogP contribution is 2.25. The van der Waals surface area contributed by atoms with Crippen molar-refractivity contribution in [3.05, 3.63) is 35.8 Å². The average molecular weight is 539 g/mol. The van der Waals surface area contributed by atoms with Gasteiger partial charge in [-0.2, -0.15) is 21.6 Å². The molecule has 0 atom stereocenters. The first-order valence-electron chi connectivity index (χ1n) is 13.0. The molecule has 6 nitrogen and oxygen atoms in total. The molecule has 1 rings (SSSR count). The number of hydrogen-bond acceptors (Lipinski definition) is 6. The van der Waals surface area contributed by atoms with E-state index in [9.17, 15) is 26.4 Å². The van der Waals surface area contributed by atoms with E-state index in [1.165, 1.54) is 63.5 Å². The molecule has 0 radical (unpaired) electrons. The Labute approximate surface area is 213 Å². The van der Waals surface area contributed by atoms with E-state index in [4.69, 9.17) is 9.15 Å². The Morgan fingerprint density at radius 1 is 0.833 bits per heavy atom. The normalized spacial score (nSPS) is 12.4. The summed E-state index contributed by atoms with van der Waals surface area (Å²) in [7, 11) is -5.69. The Bertz CT molecular complexity index is 846. The fraction of sp³-hybridized carbons (Fsp3) is 0.731. The summed E-state index contributed by atoms with van der Waals surface area (Å²) in [6, 6.07) is 2.65. The molecule has 0 saturated heterocycles. The maximum Gasteiger partial charge on any atom is 0.523 e. The number of unbranched alkanes of at least 4 members (excludes halogenated alkanes) is 12. The number of hydrogen-bond donors (Lipinski definition) is 0. The van der Waals surface area contributed by atoms with Crippen LogP contribution >= 0.6 is 0 Å². The summed E-state index contributed by atoms with van der Waals surface area (Å²) in [6.07, 6.45) is 21.4. The van der Waals surface area contributed by atoms with Gasteiger partial charge >= 0.3 is 21.6 Å². The lowest BCUT2D eigenvalue weighted by Crippen LogP contribution is -2.25. The first kappa shape index (κ1) is 32.2. The molecule has 1 aromatic heterocycles. The van der Waals surface area contributed by atoms with E-state index in [2.05, 4.69) is 23.3 Å². The fourth-order valence-electron chi connectivity index (χ4n) is 3.52. The predicted molar refractivity (Wildman–Crippen MR) is 132 cm³/mol. The molecule has 0 spiro atoms. The van der Waals surface area contributed by atoms with E-state index in [0.717, 1.165) is 38.5 Å². The first-order valence-corrected chi connectivity index (χ1v) is 14.4. The van der Waals surface area contributed by atoms with Gasteiger partial charge in [0.25, 0.3) is 0 Å². The minimum atomic E-state index is -5.69. The number of carbonyl (C=O) groups excluding carboxylic acids is 1. The summed E-state index contributed by atoms with van der Waals surface area (Å²) in [5, 5.41) is 0. The molecule has 0 unspecified atom stereocenters. The summed E-state index contributed by atoms with van der Waals surface area (Å²) >= 11 is 0. The Morgan fingerprint density at radius 2 is 1.33 bits per heavy atom. The van der Waals surface area contributed by atoms with Crippen LogP contribution in [0.2, 0.25) is 0 Å². The Balaban J connectivity index is 2.00. The third-order valence-corrected chi connectivity index (χ3v) is 6.62. The molecule has 0 bridgehead atoms. The molecule has 208 valence electrons. The van der Waals surface area contributed by atoms with Gasteiger partial charge in [-0.3, -0.25) is 8.98 Å². The van der Waals surface area contributed by atoms with Gasteiger partial charge in [0, 0.05) is 6.42 Å². The molecule has 0 aliphatic carbocycles. The summed E-state index contributed by atoms with van der Waals surface area (Å²) in [4.78, 5) is 11.8. The highest BCUT2D eigenvalue weighted by molar-refractivity contribution is 7.87. The van der Waals surface area contributed by atoms with Gasteiger partial charge in [-0.15, -0.1) is 0 Å². The molecule has 10 heteroatoms. The van der Waals surface area contributed by atoms with E-state index in [1.54, 1.807) is 0 Å². The van der Waals surface area contributed by atoms with E-state index in [1.807, 2.05) is 0 Å². The van der Waals surface area contributed by atoms with Crippen molar-refractivity contribution in [1.82, 2.24) is 0 Å². The number of allylic oxidation sites excluding steroid dienone is 2. The lowest BCUT2D eigenvalue weighted by molar-refractivity contribution is -0.145. The Morgan fingerprint density at radius 3 is 1.89 bits per heavy atom. The molecule has 0 amide bonds. The second-order valence-corrected chi connectivity index (χ2v) is 10.5. The smallest absolute Gasteiger partial charge is 0.460 e. The molecule has 1 heterocycles. The third kappa shape index (κ3) is 15.3. The predicted octanol–water partition coefficient (Wildman–Crippen LogP) is 8.12. The van der Waals surface area contributed by atoms with Gasteiger partial charge in [0.15, 0.2) is 0 Å². The minimum Gasteiger partial charge on any atom is -0.460 e. The molecule has 0 aliphatic heterocycles. The molecule has 0 saturated carbocycles. The van der Waals surface area contributed by atoms with Crippen LogP contribution in [0.4, 0.5) is 13.2 Å². The quantitative estimate of drug-likeness (QED) is 0.0517. The largest absolute Gasteiger partial charge is 0.523 e. The average Bonchev–Trinajstić information content (AvgIpc) is 3.28. The van der Waals surface area contributed by atoms with Crippen LogP contribution in [-0.4, -0.2) is 19.9 Å². The SMILES string of the molecule is CCCCCCCCC/C=C/CCCCCCCC(=O)OCc1ccc(COS(=O)(=O)C(F)(F)F)o1. The highest BCUT2D eigenvalue weighted by Gasteiger charge is 2.47. The monoisotopic (exact) mass is 538 g/mol. The number of carbonyl (C=O) groups is 1. The van der Waals surface area contributed by atoms with Gasteiger partial charge in [0.05, 0.1) is 0 Å². The van der Waals surface area contributed by atoms with E-state index in [-0.39, 0.29) is 24.5 Å². The van der Waals surface area contributed by atoms with Crippen LogP contribution < -0.4 is 0 Å². The lowest BCUT2D eigenvalue weighted by Gasteiger charge is -2.06. The van der Waals surface area contributed by atoms with Crippen LogP contribution in [0.25, 0.3) is 0 Å². The molecule has 1 aromatic rings. The van der Waals surface area contributed by atoms with Crippen molar-refractivity contribution in [1.29, 1.82) is 0 Å². The Hall–Kier alpha value is -1.81. The van der Waals surface area contributed by atoms with Crippen molar-refractivity contribution >= 4 is 16.1 Å². The van der Waals surface area contributed by atoms with Crippen molar-refractivity contribution in [2.24, 2.45) is 0 Å². The standard InChI is InChI=1S/C26H41F3O6S/c1-2-3-4-5-6-7-8-9-10-11-12-13-14-15-16-17-18-25(30)33-21-23-19-20-24(35-23)22-34-36(31,32)26(27,28)29/h10-11,19-20H,2-9,12-18,21-22H2,1H3/b11-10+.